The lowest BCUT2D eigenvalue weighted by Gasteiger charge is -2.13. The topological polar surface area (TPSA) is 89.6 Å². The average Bonchev–Trinajstić information content (AvgIpc) is 2.68. The number of nitrogens with two attached hydrogens (primary N) is 1. The van der Waals surface area contributed by atoms with Crippen LogP contribution in [0.25, 0.3) is 0 Å². The molecule has 0 aliphatic carbocycles. The maximum Gasteiger partial charge on any atom is 0.343 e. The van der Waals surface area contributed by atoms with E-state index >= 15 is 0 Å². The van der Waals surface area contributed by atoms with Crippen molar-refractivity contribution in [3.63, 3.8) is 0 Å². The zero-order chi connectivity index (χ0) is 12.3. The second-order valence-corrected chi connectivity index (χ2v) is 4.66. The molecular weight excluding hydrogens is 238 g/mol. The van der Waals surface area contributed by atoms with Gasteiger partial charge >= 0.3 is 5.69 Å². The van der Waals surface area contributed by atoms with Crippen LogP contribution < -0.4 is 11.4 Å². The number of nitrogens with zero attached hydrogens (tertiary/aromatic N) is 3. The lowest BCUT2D eigenvalue weighted by Crippen LogP contribution is -2.14. The Morgan fingerprint density at radius 1 is 1.53 bits per heavy atom. The molecule has 6 nitrogen and oxygen atoms in total. The number of hydrogen-bond acceptors (Lipinski definition) is 5. The molecule has 0 saturated heterocycles. The fourth-order valence-electron chi connectivity index (χ4n) is 1.40. The van der Waals surface area contributed by atoms with Gasteiger partial charge in [-0.25, -0.2) is 9.89 Å². The summed E-state index contributed by atoms with van der Waals surface area (Å²) in [5.41, 5.74) is 6.59. The third-order valence-corrected chi connectivity index (χ3v) is 3.70. The van der Waals surface area contributed by atoms with E-state index in [1.54, 1.807) is 19.4 Å². The molecular formula is C10H13N5OS. The van der Waals surface area contributed by atoms with Crippen molar-refractivity contribution < 1.29 is 0 Å². The quantitative estimate of drug-likeness (QED) is 0.763. The minimum absolute atomic E-state index is 0.0619. The second-order valence-electron chi connectivity index (χ2n) is 3.49. The predicted molar refractivity (Wildman–Crippen MR) is 65.7 cm³/mol. The summed E-state index contributed by atoms with van der Waals surface area (Å²) in [6.07, 6.45) is 3.45. The Kier molecular flexibility index (Phi) is 3.60. The SMILES string of the molecule is Cn1c(SC(CN)c2ccncc2)n[nH]c1=O. The first-order chi connectivity index (χ1) is 8.22. The molecule has 2 aromatic rings. The highest BCUT2D eigenvalue weighted by Crippen LogP contribution is 2.31. The number of thioether (sulfide) groups is 1. The molecule has 0 radical (unpaired) electrons. The van der Waals surface area contributed by atoms with E-state index in [1.165, 1.54) is 16.3 Å². The van der Waals surface area contributed by atoms with E-state index in [0.29, 0.717) is 11.7 Å². The summed E-state index contributed by atoms with van der Waals surface area (Å²) in [5, 5.41) is 7.04. The lowest BCUT2D eigenvalue weighted by atomic mass is 10.2. The van der Waals surface area contributed by atoms with Gasteiger partial charge < -0.3 is 5.73 Å². The molecule has 17 heavy (non-hydrogen) atoms. The molecule has 0 aliphatic rings. The maximum absolute atomic E-state index is 11.2. The molecule has 0 spiro atoms. The smallest absolute Gasteiger partial charge is 0.329 e. The van der Waals surface area contributed by atoms with Gasteiger partial charge in [-0.3, -0.25) is 9.55 Å². The molecule has 0 aromatic carbocycles. The summed E-state index contributed by atoms with van der Waals surface area (Å²) < 4.78 is 1.47. The molecule has 2 aromatic heterocycles. The van der Waals surface area contributed by atoms with Crippen LogP contribution in [-0.2, 0) is 7.05 Å². The van der Waals surface area contributed by atoms with Gasteiger partial charge in [0.25, 0.3) is 0 Å². The van der Waals surface area contributed by atoms with E-state index in [-0.39, 0.29) is 10.9 Å². The summed E-state index contributed by atoms with van der Waals surface area (Å²) in [4.78, 5) is 15.2. The largest absolute Gasteiger partial charge is 0.343 e. The van der Waals surface area contributed by atoms with Crippen molar-refractivity contribution in [3.05, 3.63) is 40.6 Å². The van der Waals surface area contributed by atoms with Gasteiger partial charge in [-0.1, -0.05) is 11.8 Å². The summed E-state index contributed by atoms with van der Waals surface area (Å²) in [6.45, 7) is 0.468. The summed E-state index contributed by atoms with van der Waals surface area (Å²) in [7, 11) is 1.67. The first kappa shape index (κ1) is 11.9. The van der Waals surface area contributed by atoms with Gasteiger partial charge in [0.15, 0.2) is 5.16 Å². The van der Waals surface area contributed by atoms with Gasteiger partial charge in [0.1, 0.15) is 0 Å². The standard InChI is InChI=1S/C10H13N5OS/c1-15-9(16)13-14-10(15)17-8(6-11)7-2-4-12-5-3-7/h2-5,8H,6,11H2,1H3,(H,13,16). The second kappa shape index (κ2) is 5.15. The number of aromatic amines is 1. The number of nitrogens with one attached hydrogen (secondary N) is 1. The Morgan fingerprint density at radius 2 is 2.24 bits per heavy atom. The fourth-order valence-corrected chi connectivity index (χ4v) is 2.38. The van der Waals surface area contributed by atoms with Crippen LogP contribution in [0, 0.1) is 0 Å². The van der Waals surface area contributed by atoms with Crippen molar-refractivity contribution in [2.45, 2.75) is 10.4 Å². The van der Waals surface area contributed by atoms with Gasteiger partial charge in [-0.05, 0) is 17.7 Å². The van der Waals surface area contributed by atoms with E-state index in [1.807, 2.05) is 12.1 Å². The summed E-state index contributed by atoms with van der Waals surface area (Å²) in [6, 6.07) is 3.82. The summed E-state index contributed by atoms with van der Waals surface area (Å²) in [5.74, 6) is 0. The molecule has 2 rings (SSSR count). The number of rotatable bonds is 4. The highest BCUT2D eigenvalue weighted by molar-refractivity contribution is 7.99. The normalized spacial score (nSPS) is 12.6. The van der Waals surface area contributed by atoms with E-state index in [2.05, 4.69) is 15.2 Å². The van der Waals surface area contributed by atoms with Crippen LogP contribution in [0.4, 0.5) is 0 Å². The predicted octanol–water partition coefficient (Wildman–Crippen LogP) is 0.295. The number of aromatic nitrogens is 4. The first-order valence-corrected chi connectivity index (χ1v) is 5.98. The Hall–Kier alpha value is -1.60. The first-order valence-electron chi connectivity index (χ1n) is 5.10. The van der Waals surface area contributed by atoms with Gasteiger partial charge in [0.2, 0.25) is 0 Å². The molecule has 0 amide bonds. The summed E-state index contributed by atoms with van der Waals surface area (Å²) >= 11 is 1.46. The zero-order valence-corrected chi connectivity index (χ0v) is 10.1. The van der Waals surface area contributed by atoms with Crippen molar-refractivity contribution in [1.29, 1.82) is 0 Å². The Bertz CT molecular complexity index is 535. The molecule has 1 unspecified atom stereocenters. The minimum Gasteiger partial charge on any atom is -0.329 e. The van der Waals surface area contributed by atoms with E-state index in [4.69, 9.17) is 5.73 Å². The highest BCUT2D eigenvalue weighted by Gasteiger charge is 2.15. The van der Waals surface area contributed by atoms with Crippen molar-refractivity contribution in [3.8, 4) is 0 Å². The molecule has 3 N–H and O–H groups in total. The fraction of sp³-hybridized carbons (Fsp3) is 0.300. The van der Waals surface area contributed by atoms with E-state index in [9.17, 15) is 4.79 Å². The van der Waals surface area contributed by atoms with Crippen molar-refractivity contribution in [2.75, 3.05) is 6.54 Å². The third-order valence-electron chi connectivity index (χ3n) is 2.38. The Morgan fingerprint density at radius 3 is 2.76 bits per heavy atom. The maximum atomic E-state index is 11.2. The highest BCUT2D eigenvalue weighted by atomic mass is 32.2. The molecule has 0 saturated carbocycles. The molecule has 0 bridgehead atoms. The molecule has 7 heteroatoms. The van der Waals surface area contributed by atoms with Crippen LogP contribution in [-0.4, -0.2) is 26.3 Å². The lowest BCUT2D eigenvalue weighted by molar-refractivity contribution is 0.760. The van der Waals surface area contributed by atoms with Crippen LogP contribution in [0.5, 0.6) is 0 Å². The Labute approximate surface area is 102 Å². The van der Waals surface area contributed by atoms with Gasteiger partial charge in [-0.2, -0.15) is 0 Å². The molecule has 0 fully saturated rings. The van der Waals surface area contributed by atoms with E-state index in [0.717, 1.165) is 5.56 Å². The molecule has 90 valence electrons. The van der Waals surface area contributed by atoms with Crippen LogP contribution in [0.2, 0.25) is 0 Å². The Balaban J connectivity index is 2.22. The van der Waals surface area contributed by atoms with Gasteiger partial charge in [0, 0.05) is 31.2 Å². The van der Waals surface area contributed by atoms with Crippen LogP contribution >= 0.6 is 11.8 Å². The third kappa shape index (κ3) is 2.56. The molecule has 0 aliphatic heterocycles. The number of hydrogen-bond donors (Lipinski definition) is 2. The zero-order valence-electron chi connectivity index (χ0n) is 9.33. The van der Waals surface area contributed by atoms with Crippen LogP contribution in [0.3, 0.4) is 0 Å². The van der Waals surface area contributed by atoms with E-state index < -0.39 is 0 Å². The average molecular weight is 251 g/mol. The minimum atomic E-state index is -0.224. The molecule has 2 heterocycles. The van der Waals surface area contributed by atoms with Crippen LogP contribution in [0.1, 0.15) is 10.8 Å². The van der Waals surface area contributed by atoms with Crippen molar-refractivity contribution >= 4 is 11.8 Å². The van der Waals surface area contributed by atoms with Crippen molar-refractivity contribution in [2.24, 2.45) is 12.8 Å². The monoisotopic (exact) mass is 251 g/mol. The van der Waals surface area contributed by atoms with Gasteiger partial charge in [0.05, 0.1) is 0 Å². The van der Waals surface area contributed by atoms with Crippen LogP contribution in [0.15, 0.2) is 34.5 Å². The number of H-pyrrole nitrogens is 1. The molecule has 1 atom stereocenters. The van der Waals surface area contributed by atoms with Crippen molar-refractivity contribution in [1.82, 2.24) is 19.7 Å². The van der Waals surface area contributed by atoms with Gasteiger partial charge in [-0.15, -0.1) is 5.10 Å². The number of pyridine rings is 1.